The molecule has 2 N–H and O–H groups in total. The number of nitrogens with two attached hydrogens (primary N) is 1. The van der Waals surface area contributed by atoms with Gasteiger partial charge in [-0.25, -0.2) is 0 Å². The standard InChI is InChI=1S/C16H33NO/c1-12(2)14-7-6-13(3)10-15(14)18-9-8-16(4,5)11-17/h12-15H,6-11,17H2,1-5H3. The van der Waals surface area contributed by atoms with E-state index < -0.39 is 0 Å². The second kappa shape index (κ2) is 6.91. The maximum Gasteiger partial charge on any atom is 0.0608 e. The van der Waals surface area contributed by atoms with E-state index in [4.69, 9.17) is 10.5 Å². The monoisotopic (exact) mass is 255 g/mol. The molecule has 1 aliphatic carbocycles. The largest absolute Gasteiger partial charge is 0.378 e. The Morgan fingerprint density at radius 2 is 1.94 bits per heavy atom. The average Bonchev–Trinajstić information content (AvgIpc) is 2.28. The van der Waals surface area contributed by atoms with E-state index in [1.165, 1.54) is 19.3 Å². The second-order valence-electron chi connectivity index (χ2n) is 7.35. The molecule has 18 heavy (non-hydrogen) atoms. The Kier molecular flexibility index (Phi) is 6.13. The van der Waals surface area contributed by atoms with Crippen molar-refractivity contribution in [2.45, 2.75) is 66.4 Å². The highest BCUT2D eigenvalue weighted by molar-refractivity contribution is 4.81. The number of hydrogen-bond acceptors (Lipinski definition) is 2. The SMILES string of the molecule is CC1CCC(C(C)C)C(OCCC(C)(C)CN)C1. The Morgan fingerprint density at radius 3 is 2.50 bits per heavy atom. The van der Waals surface area contributed by atoms with E-state index in [-0.39, 0.29) is 5.41 Å². The maximum atomic E-state index is 6.21. The normalized spacial score (nSPS) is 29.8. The highest BCUT2D eigenvalue weighted by Gasteiger charge is 2.31. The summed E-state index contributed by atoms with van der Waals surface area (Å²) in [5.41, 5.74) is 5.98. The number of ether oxygens (including phenoxy) is 1. The zero-order valence-corrected chi connectivity index (χ0v) is 13.0. The summed E-state index contributed by atoms with van der Waals surface area (Å²) < 4.78 is 6.21. The fourth-order valence-electron chi connectivity index (χ4n) is 2.90. The van der Waals surface area contributed by atoms with E-state index in [9.17, 15) is 0 Å². The highest BCUT2D eigenvalue weighted by Crippen LogP contribution is 2.35. The molecule has 2 nitrogen and oxygen atoms in total. The van der Waals surface area contributed by atoms with Gasteiger partial charge in [-0.15, -0.1) is 0 Å². The van der Waals surface area contributed by atoms with Crippen LogP contribution < -0.4 is 5.73 Å². The van der Waals surface area contributed by atoms with Crippen LogP contribution in [0.5, 0.6) is 0 Å². The van der Waals surface area contributed by atoms with E-state index >= 15 is 0 Å². The second-order valence-corrected chi connectivity index (χ2v) is 7.35. The van der Waals surface area contributed by atoms with Crippen molar-refractivity contribution in [1.82, 2.24) is 0 Å². The molecule has 0 saturated heterocycles. The predicted molar refractivity (Wildman–Crippen MR) is 78.5 cm³/mol. The molecule has 1 rings (SSSR count). The van der Waals surface area contributed by atoms with Gasteiger partial charge in [0, 0.05) is 6.61 Å². The molecule has 0 spiro atoms. The molecule has 1 fully saturated rings. The first-order valence-electron chi connectivity index (χ1n) is 7.67. The van der Waals surface area contributed by atoms with Gasteiger partial charge in [-0.2, -0.15) is 0 Å². The molecule has 0 radical (unpaired) electrons. The summed E-state index contributed by atoms with van der Waals surface area (Å²) in [6.45, 7) is 13.1. The van der Waals surface area contributed by atoms with Gasteiger partial charge in [-0.3, -0.25) is 0 Å². The molecule has 0 aliphatic heterocycles. The van der Waals surface area contributed by atoms with Crippen molar-refractivity contribution in [2.75, 3.05) is 13.2 Å². The first kappa shape index (κ1) is 16.0. The van der Waals surface area contributed by atoms with Crippen LogP contribution in [0.15, 0.2) is 0 Å². The molecule has 0 amide bonds. The van der Waals surface area contributed by atoms with Crippen molar-refractivity contribution in [3.05, 3.63) is 0 Å². The fourth-order valence-corrected chi connectivity index (χ4v) is 2.90. The minimum absolute atomic E-state index is 0.216. The van der Waals surface area contributed by atoms with E-state index in [1.807, 2.05) is 0 Å². The third kappa shape index (κ3) is 4.89. The maximum absolute atomic E-state index is 6.21. The lowest BCUT2D eigenvalue weighted by Gasteiger charge is -2.37. The Bertz CT molecular complexity index is 237. The lowest BCUT2D eigenvalue weighted by molar-refractivity contribution is -0.0457. The van der Waals surface area contributed by atoms with Crippen molar-refractivity contribution >= 4 is 0 Å². The van der Waals surface area contributed by atoms with Gasteiger partial charge >= 0.3 is 0 Å². The van der Waals surface area contributed by atoms with Crippen LogP contribution in [0.25, 0.3) is 0 Å². The van der Waals surface area contributed by atoms with Crippen LogP contribution in [-0.4, -0.2) is 19.3 Å². The van der Waals surface area contributed by atoms with Gasteiger partial charge in [0.05, 0.1) is 6.10 Å². The first-order chi connectivity index (χ1) is 8.35. The molecular formula is C16H33NO. The third-order valence-corrected chi connectivity index (χ3v) is 4.62. The minimum Gasteiger partial charge on any atom is -0.378 e. The Morgan fingerprint density at radius 1 is 1.28 bits per heavy atom. The van der Waals surface area contributed by atoms with Crippen LogP contribution in [0, 0.1) is 23.2 Å². The summed E-state index contributed by atoms with van der Waals surface area (Å²) in [5.74, 6) is 2.32. The van der Waals surface area contributed by atoms with Gasteiger partial charge < -0.3 is 10.5 Å². The van der Waals surface area contributed by atoms with Crippen LogP contribution in [0.2, 0.25) is 0 Å². The van der Waals surface area contributed by atoms with E-state index in [0.717, 1.165) is 37.3 Å². The van der Waals surface area contributed by atoms with Crippen LogP contribution in [-0.2, 0) is 4.74 Å². The Hall–Kier alpha value is -0.0800. The summed E-state index contributed by atoms with van der Waals surface area (Å²) in [6, 6.07) is 0. The summed E-state index contributed by atoms with van der Waals surface area (Å²) in [5, 5.41) is 0. The van der Waals surface area contributed by atoms with Crippen LogP contribution in [0.4, 0.5) is 0 Å². The topological polar surface area (TPSA) is 35.2 Å². The fraction of sp³-hybridized carbons (Fsp3) is 1.00. The highest BCUT2D eigenvalue weighted by atomic mass is 16.5. The van der Waals surface area contributed by atoms with E-state index in [1.54, 1.807) is 0 Å². The molecule has 0 aromatic carbocycles. The average molecular weight is 255 g/mol. The smallest absolute Gasteiger partial charge is 0.0608 e. The summed E-state index contributed by atoms with van der Waals surface area (Å²) in [4.78, 5) is 0. The number of hydrogen-bond donors (Lipinski definition) is 1. The molecule has 0 heterocycles. The molecule has 3 unspecified atom stereocenters. The first-order valence-corrected chi connectivity index (χ1v) is 7.67. The van der Waals surface area contributed by atoms with Crippen molar-refractivity contribution in [3.63, 3.8) is 0 Å². The van der Waals surface area contributed by atoms with Gasteiger partial charge in [0.1, 0.15) is 0 Å². The summed E-state index contributed by atoms with van der Waals surface area (Å²) in [7, 11) is 0. The van der Waals surface area contributed by atoms with Crippen molar-refractivity contribution in [1.29, 1.82) is 0 Å². The van der Waals surface area contributed by atoms with E-state index in [0.29, 0.717) is 6.10 Å². The predicted octanol–water partition coefficient (Wildman–Crippen LogP) is 3.84. The van der Waals surface area contributed by atoms with Gasteiger partial charge in [0.25, 0.3) is 0 Å². The van der Waals surface area contributed by atoms with Crippen LogP contribution in [0.3, 0.4) is 0 Å². The lowest BCUT2D eigenvalue weighted by Crippen LogP contribution is -2.35. The Labute approximate surface area is 114 Å². The quantitative estimate of drug-likeness (QED) is 0.782. The molecule has 3 atom stereocenters. The van der Waals surface area contributed by atoms with Crippen molar-refractivity contribution < 1.29 is 4.74 Å². The van der Waals surface area contributed by atoms with Gasteiger partial charge in [-0.1, -0.05) is 41.0 Å². The van der Waals surface area contributed by atoms with Crippen LogP contribution in [0.1, 0.15) is 60.3 Å². The molecule has 1 aliphatic rings. The molecule has 1 saturated carbocycles. The minimum atomic E-state index is 0.216. The Balaban J connectivity index is 2.41. The zero-order valence-electron chi connectivity index (χ0n) is 13.0. The summed E-state index contributed by atoms with van der Waals surface area (Å²) >= 11 is 0. The molecule has 0 aromatic heterocycles. The third-order valence-electron chi connectivity index (χ3n) is 4.62. The molecule has 108 valence electrons. The van der Waals surface area contributed by atoms with Gasteiger partial charge in [0.15, 0.2) is 0 Å². The van der Waals surface area contributed by atoms with Crippen molar-refractivity contribution in [3.8, 4) is 0 Å². The van der Waals surface area contributed by atoms with E-state index in [2.05, 4.69) is 34.6 Å². The number of rotatable bonds is 6. The van der Waals surface area contributed by atoms with Gasteiger partial charge in [0.2, 0.25) is 0 Å². The molecular weight excluding hydrogens is 222 g/mol. The zero-order chi connectivity index (χ0) is 13.8. The lowest BCUT2D eigenvalue weighted by atomic mass is 9.75. The molecule has 0 aromatic rings. The van der Waals surface area contributed by atoms with Gasteiger partial charge in [-0.05, 0) is 49.0 Å². The van der Waals surface area contributed by atoms with Crippen LogP contribution >= 0.6 is 0 Å². The molecule has 2 heteroatoms. The van der Waals surface area contributed by atoms with Crippen molar-refractivity contribution in [2.24, 2.45) is 28.9 Å². The molecule has 0 bridgehead atoms. The summed E-state index contributed by atoms with van der Waals surface area (Å²) in [6.07, 6.45) is 5.49.